The topological polar surface area (TPSA) is 75.7 Å². The van der Waals surface area contributed by atoms with E-state index in [2.05, 4.69) is 5.32 Å². The van der Waals surface area contributed by atoms with Crippen molar-refractivity contribution in [2.45, 2.75) is 51.7 Å². The van der Waals surface area contributed by atoms with Gasteiger partial charge in [-0.15, -0.1) is 0 Å². The second-order valence-corrected chi connectivity index (χ2v) is 10.8. The first kappa shape index (κ1) is 20.7. The summed E-state index contributed by atoms with van der Waals surface area (Å²) in [5.74, 6) is 0.724. The third-order valence-corrected chi connectivity index (χ3v) is 7.55. The molecule has 1 atom stereocenters. The SMILES string of the molecule is Cc1ccc2c(c1)OC(C)(C)CC2NC(=O)c1cccc(N2CCCCS2(=O)=O)c1. The number of benzene rings is 2. The van der Waals surface area contributed by atoms with Crippen molar-refractivity contribution in [1.82, 2.24) is 5.32 Å². The van der Waals surface area contributed by atoms with Crippen molar-refractivity contribution in [3.63, 3.8) is 0 Å². The van der Waals surface area contributed by atoms with E-state index in [-0.39, 0.29) is 17.7 Å². The molecule has 160 valence electrons. The molecule has 2 aromatic rings. The van der Waals surface area contributed by atoms with Crippen LogP contribution in [0, 0.1) is 6.92 Å². The van der Waals surface area contributed by atoms with Crippen molar-refractivity contribution < 1.29 is 17.9 Å². The van der Waals surface area contributed by atoms with Gasteiger partial charge in [-0.25, -0.2) is 8.42 Å². The molecule has 2 aliphatic heterocycles. The van der Waals surface area contributed by atoms with E-state index in [1.165, 1.54) is 4.31 Å². The molecule has 1 N–H and O–H groups in total. The zero-order valence-electron chi connectivity index (χ0n) is 17.6. The van der Waals surface area contributed by atoms with Gasteiger partial charge in [-0.3, -0.25) is 9.10 Å². The summed E-state index contributed by atoms with van der Waals surface area (Å²) in [5, 5.41) is 3.13. The van der Waals surface area contributed by atoms with Crippen molar-refractivity contribution in [1.29, 1.82) is 0 Å². The smallest absolute Gasteiger partial charge is 0.251 e. The van der Waals surface area contributed by atoms with Crippen molar-refractivity contribution in [3.05, 3.63) is 59.2 Å². The number of hydrogen-bond acceptors (Lipinski definition) is 4. The number of sulfonamides is 1. The van der Waals surface area contributed by atoms with Gasteiger partial charge in [0.15, 0.2) is 0 Å². The molecule has 2 aliphatic rings. The van der Waals surface area contributed by atoms with Gasteiger partial charge in [0.1, 0.15) is 11.4 Å². The lowest BCUT2D eigenvalue weighted by molar-refractivity contribution is 0.0619. The largest absolute Gasteiger partial charge is 0.487 e. The molecule has 1 amide bonds. The average Bonchev–Trinajstić information content (AvgIpc) is 2.66. The quantitative estimate of drug-likeness (QED) is 0.803. The minimum absolute atomic E-state index is 0.150. The monoisotopic (exact) mass is 428 g/mol. The molecule has 1 saturated heterocycles. The highest BCUT2D eigenvalue weighted by Gasteiger charge is 2.35. The van der Waals surface area contributed by atoms with E-state index in [0.717, 1.165) is 23.3 Å². The Morgan fingerprint density at radius 1 is 1.17 bits per heavy atom. The lowest BCUT2D eigenvalue weighted by atomic mass is 9.89. The van der Waals surface area contributed by atoms with E-state index < -0.39 is 15.6 Å². The molecule has 1 fully saturated rings. The Bertz CT molecular complexity index is 1080. The van der Waals surface area contributed by atoms with Gasteiger partial charge in [-0.1, -0.05) is 18.2 Å². The standard InChI is InChI=1S/C23H28N2O4S/c1-16-9-10-19-20(15-23(2,3)29-21(19)13-16)24-22(26)17-7-6-8-18(14-17)25-11-4-5-12-30(25,27)28/h6-10,13-14,20H,4-5,11-12,15H2,1-3H3,(H,24,26). The molecule has 0 aliphatic carbocycles. The Kier molecular flexibility index (Phi) is 5.26. The lowest BCUT2D eigenvalue weighted by Crippen LogP contribution is -2.41. The Morgan fingerprint density at radius 3 is 2.73 bits per heavy atom. The summed E-state index contributed by atoms with van der Waals surface area (Å²) in [4.78, 5) is 13.1. The van der Waals surface area contributed by atoms with Crippen LogP contribution in [0.15, 0.2) is 42.5 Å². The van der Waals surface area contributed by atoms with Crippen LogP contribution in [0.25, 0.3) is 0 Å². The van der Waals surface area contributed by atoms with Crippen molar-refractivity contribution in [2.75, 3.05) is 16.6 Å². The van der Waals surface area contributed by atoms with Crippen LogP contribution in [0.3, 0.4) is 0 Å². The number of nitrogens with one attached hydrogen (secondary N) is 1. The Balaban J connectivity index is 1.59. The molecule has 0 radical (unpaired) electrons. The maximum atomic E-state index is 13.1. The number of carbonyl (C=O) groups is 1. The number of hydrogen-bond donors (Lipinski definition) is 1. The first-order chi connectivity index (χ1) is 14.1. The van der Waals surface area contributed by atoms with Crippen LogP contribution < -0.4 is 14.4 Å². The Labute approximate surface area is 178 Å². The number of amides is 1. The van der Waals surface area contributed by atoms with Crippen molar-refractivity contribution in [3.8, 4) is 5.75 Å². The molecule has 30 heavy (non-hydrogen) atoms. The van der Waals surface area contributed by atoms with Gasteiger partial charge in [0.25, 0.3) is 5.91 Å². The molecule has 6 nitrogen and oxygen atoms in total. The van der Waals surface area contributed by atoms with Crippen LogP contribution >= 0.6 is 0 Å². The summed E-state index contributed by atoms with van der Waals surface area (Å²) in [6.07, 6.45) is 2.15. The molecular weight excluding hydrogens is 400 g/mol. The number of ether oxygens (including phenoxy) is 1. The molecule has 2 aromatic carbocycles. The highest BCUT2D eigenvalue weighted by molar-refractivity contribution is 7.92. The summed E-state index contributed by atoms with van der Waals surface area (Å²) < 4.78 is 32.4. The summed E-state index contributed by atoms with van der Waals surface area (Å²) in [7, 11) is -3.32. The van der Waals surface area contributed by atoms with Gasteiger partial charge in [0, 0.05) is 24.1 Å². The fourth-order valence-corrected chi connectivity index (χ4v) is 5.84. The fourth-order valence-electron chi connectivity index (χ4n) is 4.21. The second kappa shape index (κ2) is 7.61. The van der Waals surface area contributed by atoms with Gasteiger partial charge in [0.05, 0.1) is 17.5 Å². The predicted molar refractivity (Wildman–Crippen MR) is 118 cm³/mol. The number of anilines is 1. The maximum Gasteiger partial charge on any atom is 0.251 e. The van der Waals surface area contributed by atoms with Crippen LogP contribution in [0.4, 0.5) is 5.69 Å². The zero-order chi connectivity index (χ0) is 21.5. The van der Waals surface area contributed by atoms with E-state index in [4.69, 9.17) is 4.74 Å². The van der Waals surface area contributed by atoms with Crippen molar-refractivity contribution >= 4 is 21.6 Å². The normalized spacial score (nSPS) is 22.0. The van der Waals surface area contributed by atoms with E-state index in [1.807, 2.05) is 39.0 Å². The van der Waals surface area contributed by atoms with E-state index >= 15 is 0 Å². The number of carbonyl (C=O) groups excluding carboxylic acids is 1. The second-order valence-electron chi connectivity index (χ2n) is 8.78. The Hall–Kier alpha value is -2.54. The Morgan fingerprint density at radius 2 is 1.97 bits per heavy atom. The van der Waals surface area contributed by atoms with Gasteiger partial charge < -0.3 is 10.1 Å². The molecule has 1 unspecified atom stereocenters. The third-order valence-electron chi connectivity index (χ3n) is 5.68. The van der Waals surface area contributed by atoms with Crippen LogP contribution in [-0.2, 0) is 10.0 Å². The van der Waals surface area contributed by atoms with E-state index in [9.17, 15) is 13.2 Å². The van der Waals surface area contributed by atoms with Crippen LogP contribution in [0.2, 0.25) is 0 Å². The maximum absolute atomic E-state index is 13.1. The van der Waals surface area contributed by atoms with Crippen LogP contribution in [0.1, 0.15) is 60.6 Å². The third kappa shape index (κ3) is 4.17. The minimum Gasteiger partial charge on any atom is -0.487 e. The lowest BCUT2D eigenvalue weighted by Gasteiger charge is -2.38. The molecule has 0 saturated carbocycles. The molecule has 0 bridgehead atoms. The first-order valence-corrected chi connectivity index (χ1v) is 12.0. The molecule has 4 rings (SSSR count). The molecular formula is C23H28N2O4S. The van der Waals surface area contributed by atoms with E-state index in [1.54, 1.807) is 24.3 Å². The van der Waals surface area contributed by atoms with Gasteiger partial charge in [0.2, 0.25) is 10.0 Å². The van der Waals surface area contributed by atoms with Crippen molar-refractivity contribution in [2.24, 2.45) is 0 Å². The molecule has 2 heterocycles. The minimum atomic E-state index is -3.32. The van der Waals surface area contributed by atoms with E-state index in [0.29, 0.717) is 30.6 Å². The summed E-state index contributed by atoms with van der Waals surface area (Å²) >= 11 is 0. The van der Waals surface area contributed by atoms with Gasteiger partial charge >= 0.3 is 0 Å². The average molecular weight is 429 g/mol. The highest BCUT2D eigenvalue weighted by atomic mass is 32.2. The summed E-state index contributed by atoms with van der Waals surface area (Å²) in [6.45, 7) is 6.49. The molecule has 7 heteroatoms. The predicted octanol–water partition coefficient (Wildman–Crippen LogP) is 3.96. The van der Waals surface area contributed by atoms with Gasteiger partial charge in [-0.05, 0) is 63.4 Å². The van der Waals surface area contributed by atoms with Crippen LogP contribution in [-0.4, -0.2) is 32.2 Å². The first-order valence-electron chi connectivity index (χ1n) is 10.4. The summed E-state index contributed by atoms with van der Waals surface area (Å²) in [6, 6.07) is 12.7. The molecule has 0 spiro atoms. The number of nitrogens with zero attached hydrogens (tertiary/aromatic N) is 1. The number of fused-ring (bicyclic) bond motifs is 1. The summed E-state index contributed by atoms with van der Waals surface area (Å²) in [5.41, 5.74) is 2.66. The van der Waals surface area contributed by atoms with Gasteiger partial charge in [-0.2, -0.15) is 0 Å². The number of rotatable bonds is 3. The zero-order valence-corrected chi connectivity index (χ0v) is 18.5. The fraction of sp³-hybridized carbons (Fsp3) is 0.435. The highest BCUT2D eigenvalue weighted by Crippen LogP contribution is 2.40. The van der Waals surface area contributed by atoms with Crippen LogP contribution in [0.5, 0.6) is 5.75 Å². The molecule has 0 aromatic heterocycles. The number of aryl methyl sites for hydroxylation is 1.